The minimum absolute atomic E-state index is 0.206. The maximum Gasteiger partial charge on any atom is 0.409 e. The number of alkyl carbamates (subject to hydrolysis) is 1. The number of thioether (sulfide) groups is 1. The molecule has 32 heavy (non-hydrogen) atoms. The Morgan fingerprint density at radius 3 is 2.19 bits per heavy atom. The molecule has 1 heterocycles. The Labute approximate surface area is 192 Å². The van der Waals surface area contributed by atoms with Gasteiger partial charge < -0.3 is 9.64 Å². The number of ether oxygens (including phenoxy) is 1. The topological polar surface area (TPSA) is 58.6 Å². The van der Waals surface area contributed by atoms with Crippen LogP contribution < -0.4 is 10.2 Å². The molecule has 1 N–H and O–H groups in total. The zero-order chi connectivity index (χ0) is 22.8. The minimum Gasteiger partial charge on any atom is -0.444 e. The highest BCUT2D eigenvalue weighted by Gasteiger charge is 2.53. The highest BCUT2D eigenvalue weighted by Crippen LogP contribution is 2.50. The van der Waals surface area contributed by atoms with Gasteiger partial charge in [-0.2, -0.15) is 0 Å². The van der Waals surface area contributed by atoms with Gasteiger partial charge in [0.2, 0.25) is 4.87 Å². The molecular weight excluding hydrogens is 420 g/mol. The largest absolute Gasteiger partial charge is 0.444 e. The Balaban J connectivity index is 1.78. The second-order valence-electron chi connectivity index (χ2n) is 8.62. The number of benzene rings is 3. The molecule has 2 amide bonds. The number of nitrogens with one attached hydrogen (secondary N) is 1. The number of carbonyl (C=O) groups excluding carboxylic acids is 2. The molecule has 0 saturated carbocycles. The van der Waals surface area contributed by atoms with Gasteiger partial charge in [-0.15, -0.1) is 0 Å². The third kappa shape index (κ3) is 4.50. The van der Waals surface area contributed by atoms with E-state index in [9.17, 15) is 9.59 Å². The van der Waals surface area contributed by atoms with Crippen molar-refractivity contribution in [3.05, 3.63) is 96.1 Å². The van der Waals surface area contributed by atoms with Crippen molar-refractivity contribution in [3.63, 3.8) is 0 Å². The van der Waals surface area contributed by atoms with Crippen LogP contribution in [0.1, 0.15) is 31.9 Å². The predicted octanol–water partition coefficient (Wildman–Crippen LogP) is 5.70. The molecule has 0 fully saturated rings. The van der Waals surface area contributed by atoms with Crippen molar-refractivity contribution in [2.24, 2.45) is 0 Å². The Bertz CT molecular complexity index is 1110. The van der Waals surface area contributed by atoms with E-state index in [1.165, 1.54) is 11.8 Å². The first-order valence-electron chi connectivity index (χ1n) is 10.5. The summed E-state index contributed by atoms with van der Waals surface area (Å²) in [6.45, 7) is 5.81. The summed E-state index contributed by atoms with van der Waals surface area (Å²) in [7, 11) is 0. The molecule has 6 heteroatoms. The number of rotatable bonds is 5. The average molecular weight is 447 g/mol. The van der Waals surface area contributed by atoms with Gasteiger partial charge >= 0.3 is 6.09 Å². The fraction of sp³-hybridized carbons (Fsp3) is 0.231. The summed E-state index contributed by atoms with van der Waals surface area (Å²) in [5, 5.41) is 2.93. The number of nitrogens with zero attached hydrogens (tertiary/aromatic N) is 1. The van der Waals surface area contributed by atoms with Crippen LogP contribution in [0.4, 0.5) is 10.5 Å². The van der Waals surface area contributed by atoms with Gasteiger partial charge in [-0.05, 0) is 44.5 Å². The number of hydrogen-bond donors (Lipinski definition) is 1. The van der Waals surface area contributed by atoms with E-state index in [0.29, 0.717) is 6.54 Å². The minimum atomic E-state index is -1.34. The molecule has 0 aromatic heterocycles. The quantitative estimate of drug-likeness (QED) is 0.511. The Kier molecular flexibility index (Phi) is 5.98. The second-order valence-corrected chi connectivity index (χ2v) is 9.91. The maximum absolute atomic E-state index is 14.0. The normalized spacial score (nSPS) is 17.7. The van der Waals surface area contributed by atoms with E-state index in [1.54, 1.807) is 25.7 Å². The lowest BCUT2D eigenvalue weighted by atomic mass is 10.1. The van der Waals surface area contributed by atoms with Crippen molar-refractivity contribution in [1.29, 1.82) is 0 Å². The monoisotopic (exact) mass is 446 g/mol. The van der Waals surface area contributed by atoms with Crippen molar-refractivity contribution >= 4 is 29.4 Å². The fourth-order valence-corrected chi connectivity index (χ4v) is 4.96. The lowest BCUT2D eigenvalue weighted by Crippen LogP contribution is -2.51. The van der Waals surface area contributed by atoms with E-state index in [0.717, 1.165) is 21.7 Å². The van der Waals surface area contributed by atoms with Crippen molar-refractivity contribution in [1.82, 2.24) is 5.32 Å². The fourth-order valence-electron chi connectivity index (χ4n) is 3.70. The first-order chi connectivity index (χ1) is 15.3. The first-order valence-corrected chi connectivity index (χ1v) is 11.3. The summed E-state index contributed by atoms with van der Waals surface area (Å²) in [6, 6.07) is 27.0. The van der Waals surface area contributed by atoms with Crippen molar-refractivity contribution in [2.45, 2.75) is 42.7 Å². The van der Waals surface area contributed by atoms with E-state index in [1.807, 2.05) is 84.9 Å². The van der Waals surface area contributed by atoms with Crippen LogP contribution in [0.2, 0.25) is 0 Å². The van der Waals surface area contributed by atoms with Crippen LogP contribution in [0, 0.1) is 0 Å². The number of carbonyl (C=O) groups is 2. The summed E-state index contributed by atoms with van der Waals surface area (Å²) in [5.41, 5.74) is 1.84. The smallest absolute Gasteiger partial charge is 0.409 e. The Morgan fingerprint density at radius 2 is 1.53 bits per heavy atom. The highest BCUT2D eigenvalue weighted by molar-refractivity contribution is 8.01. The van der Waals surface area contributed by atoms with Crippen LogP contribution in [0.5, 0.6) is 0 Å². The van der Waals surface area contributed by atoms with Crippen LogP contribution in [0.25, 0.3) is 0 Å². The van der Waals surface area contributed by atoms with Crippen LogP contribution in [-0.4, -0.2) is 17.6 Å². The Morgan fingerprint density at radius 1 is 0.938 bits per heavy atom. The molecule has 1 atom stereocenters. The molecular formula is C26H26N2O3S. The summed E-state index contributed by atoms with van der Waals surface area (Å²) in [5.74, 6) is -0.206. The van der Waals surface area contributed by atoms with Crippen LogP contribution in [0.3, 0.4) is 0 Å². The number of fused-ring (bicyclic) bond motifs is 1. The number of hydrogen-bond acceptors (Lipinski definition) is 4. The first kappa shape index (κ1) is 22.0. The van der Waals surface area contributed by atoms with E-state index < -0.39 is 16.6 Å². The van der Waals surface area contributed by atoms with E-state index in [2.05, 4.69) is 5.32 Å². The van der Waals surface area contributed by atoms with E-state index in [-0.39, 0.29) is 5.91 Å². The van der Waals surface area contributed by atoms with Crippen molar-refractivity contribution in [3.8, 4) is 0 Å². The van der Waals surface area contributed by atoms with Gasteiger partial charge in [0.05, 0.1) is 12.2 Å². The van der Waals surface area contributed by atoms with Crippen molar-refractivity contribution in [2.75, 3.05) is 4.90 Å². The summed E-state index contributed by atoms with van der Waals surface area (Å²) in [6.07, 6.45) is -0.634. The third-order valence-electron chi connectivity index (χ3n) is 5.00. The molecule has 3 aromatic carbocycles. The molecule has 1 aliphatic rings. The van der Waals surface area contributed by atoms with Crippen LogP contribution in [-0.2, 0) is 20.9 Å². The molecule has 1 aliphatic heterocycles. The summed E-state index contributed by atoms with van der Waals surface area (Å²) < 4.78 is 5.55. The summed E-state index contributed by atoms with van der Waals surface area (Å²) >= 11 is 1.31. The zero-order valence-corrected chi connectivity index (χ0v) is 19.2. The molecule has 0 aliphatic carbocycles. The van der Waals surface area contributed by atoms with Gasteiger partial charge in [-0.1, -0.05) is 78.5 Å². The third-order valence-corrected chi connectivity index (χ3v) is 6.31. The van der Waals surface area contributed by atoms with Gasteiger partial charge in [0.15, 0.2) is 0 Å². The van der Waals surface area contributed by atoms with Gasteiger partial charge in [0.25, 0.3) is 5.91 Å². The van der Waals surface area contributed by atoms with E-state index >= 15 is 0 Å². The highest BCUT2D eigenvalue weighted by atomic mass is 32.2. The maximum atomic E-state index is 14.0. The second kappa shape index (κ2) is 8.71. The van der Waals surface area contributed by atoms with Gasteiger partial charge in [0.1, 0.15) is 5.60 Å². The molecule has 164 valence electrons. The lowest BCUT2D eigenvalue weighted by Gasteiger charge is -2.31. The predicted molar refractivity (Wildman–Crippen MR) is 127 cm³/mol. The van der Waals surface area contributed by atoms with Gasteiger partial charge in [-0.3, -0.25) is 10.1 Å². The number of anilines is 1. The zero-order valence-electron chi connectivity index (χ0n) is 18.4. The Hall–Kier alpha value is -3.25. The lowest BCUT2D eigenvalue weighted by molar-refractivity contribution is -0.121. The standard InChI is InChI=1S/C26H26N2O3S/c1-25(2,3)31-24(30)27-26(32-20-14-8-5-9-15-20)21-16-10-11-17-22(21)28(23(26)29)18-19-12-6-4-7-13-19/h4-17H,18H2,1-3H3,(H,27,30)/t26-/m0/s1. The van der Waals surface area contributed by atoms with Crippen molar-refractivity contribution < 1.29 is 14.3 Å². The number of para-hydroxylation sites is 1. The molecule has 0 unspecified atom stereocenters. The molecule has 0 radical (unpaired) electrons. The van der Waals surface area contributed by atoms with Gasteiger partial charge in [0, 0.05) is 10.5 Å². The van der Waals surface area contributed by atoms with Crippen LogP contribution in [0.15, 0.2) is 89.8 Å². The van der Waals surface area contributed by atoms with E-state index in [4.69, 9.17) is 4.74 Å². The molecule has 4 rings (SSSR count). The molecule has 5 nitrogen and oxygen atoms in total. The SMILES string of the molecule is CC(C)(C)OC(=O)N[C@@]1(Sc2ccccc2)C(=O)N(Cc2ccccc2)c2ccccc21. The average Bonchev–Trinajstić information content (AvgIpc) is 2.97. The summed E-state index contributed by atoms with van der Waals surface area (Å²) in [4.78, 5) is 28.2. The molecule has 0 saturated heterocycles. The van der Waals surface area contributed by atoms with Crippen LogP contribution >= 0.6 is 11.8 Å². The number of amides is 2. The molecule has 0 bridgehead atoms. The molecule has 0 spiro atoms. The van der Waals surface area contributed by atoms with Gasteiger partial charge in [-0.25, -0.2) is 4.79 Å². The molecule has 3 aromatic rings.